The summed E-state index contributed by atoms with van der Waals surface area (Å²) in [6.45, 7) is 4.50. The van der Waals surface area contributed by atoms with Gasteiger partial charge in [0.25, 0.3) is 5.91 Å². The third-order valence-corrected chi connectivity index (χ3v) is 6.61. The Hall–Kier alpha value is -6.05. The van der Waals surface area contributed by atoms with E-state index in [-0.39, 0.29) is 13.0 Å². The number of benzene rings is 3. The summed E-state index contributed by atoms with van der Waals surface area (Å²) in [6.07, 6.45) is -1.58. The molecule has 0 saturated carbocycles. The predicted molar refractivity (Wildman–Crippen MR) is 178 cm³/mol. The van der Waals surface area contributed by atoms with Crippen LogP contribution in [0.25, 0.3) is 0 Å². The number of hydrogen-bond donors (Lipinski definition) is 4. The first-order valence-electron chi connectivity index (χ1n) is 15.0. The number of ether oxygens (including phenoxy) is 2. The van der Waals surface area contributed by atoms with Crippen LogP contribution in [0.3, 0.4) is 0 Å². The molecule has 0 saturated heterocycles. The zero-order valence-corrected chi connectivity index (χ0v) is 26.7. The van der Waals surface area contributed by atoms with E-state index in [1.807, 2.05) is 41.8 Å². The van der Waals surface area contributed by atoms with Gasteiger partial charge < -0.3 is 20.5 Å². The van der Waals surface area contributed by atoms with Crippen molar-refractivity contribution in [3.63, 3.8) is 0 Å². The van der Waals surface area contributed by atoms with Gasteiger partial charge in [-0.05, 0) is 32.4 Å². The number of carbonyl (C=O) groups is 5. The van der Waals surface area contributed by atoms with Crippen molar-refractivity contribution in [2.45, 2.75) is 51.6 Å². The lowest BCUT2D eigenvalue weighted by Crippen LogP contribution is -2.51. The van der Waals surface area contributed by atoms with Crippen LogP contribution in [0, 0.1) is 0 Å². The number of rotatable bonds is 11. The summed E-state index contributed by atoms with van der Waals surface area (Å²) in [4.78, 5) is 70.1. The number of nitrogens with two attached hydrogens (primary N) is 1. The second-order valence-corrected chi connectivity index (χ2v) is 11.6. The van der Waals surface area contributed by atoms with E-state index in [0.717, 1.165) is 11.8 Å². The maximum Gasteiger partial charge on any atom is 0.409 e. The molecule has 0 fully saturated rings. The highest BCUT2D eigenvalue weighted by molar-refractivity contribution is 6.20. The van der Waals surface area contributed by atoms with Crippen molar-refractivity contribution >= 4 is 47.5 Å². The Morgan fingerprint density at radius 1 is 0.979 bits per heavy atom. The molecule has 1 aliphatic rings. The van der Waals surface area contributed by atoms with Gasteiger partial charge in [-0.1, -0.05) is 78.9 Å². The second kappa shape index (κ2) is 16.0. The number of amides is 5. The first-order valence-corrected chi connectivity index (χ1v) is 15.0. The van der Waals surface area contributed by atoms with Gasteiger partial charge in [-0.15, -0.1) is 0 Å². The average molecular weight is 656 g/mol. The molecule has 1 heterocycles. The van der Waals surface area contributed by atoms with Gasteiger partial charge in [0.2, 0.25) is 12.1 Å². The van der Waals surface area contributed by atoms with Gasteiger partial charge in [-0.25, -0.2) is 20.0 Å². The van der Waals surface area contributed by atoms with Gasteiger partial charge in [-0.3, -0.25) is 24.6 Å². The van der Waals surface area contributed by atoms with E-state index in [1.165, 1.54) is 4.90 Å². The van der Waals surface area contributed by atoms with Crippen LogP contribution in [0.1, 0.15) is 43.9 Å². The number of carbonyl (C=O) groups excluding carboxylic acids is 5. The fourth-order valence-corrected chi connectivity index (χ4v) is 4.68. The largest absolute Gasteiger partial charge is 0.460 e. The highest BCUT2D eigenvalue weighted by Crippen LogP contribution is 2.28. The minimum Gasteiger partial charge on any atom is -0.460 e. The molecule has 0 aliphatic carbocycles. The molecule has 3 aromatic rings. The van der Waals surface area contributed by atoms with E-state index in [2.05, 4.69) is 20.7 Å². The predicted octanol–water partition coefficient (Wildman–Crippen LogP) is 2.99. The molecule has 0 aromatic heterocycles. The molecule has 5 N–H and O–H groups in total. The number of nitrogens with zero attached hydrogens (tertiary/aromatic N) is 3. The Bertz CT molecular complexity index is 1690. The minimum absolute atomic E-state index is 0.0413. The van der Waals surface area contributed by atoms with Crippen LogP contribution in [0.15, 0.2) is 95.0 Å². The summed E-state index contributed by atoms with van der Waals surface area (Å²) in [5.74, 6) is -2.05. The third kappa shape index (κ3) is 10.2. The molecule has 14 heteroatoms. The Morgan fingerprint density at radius 2 is 1.62 bits per heavy atom. The number of esters is 1. The summed E-state index contributed by atoms with van der Waals surface area (Å²) in [7, 11) is 0. The average Bonchev–Trinajstić information content (AvgIpc) is 3.14. The third-order valence-electron chi connectivity index (χ3n) is 6.61. The van der Waals surface area contributed by atoms with Gasteiger partial charge in [-0.2, -0.15) is 5.10 Å². The van der Waals surface area contributed by atoms with Crippen molar-refractivity contribution in [3.05, 3.63) is 102 Å². The lowest BCUT2D eigenvalue weighted by Gasteiger charge is -2.26. The first-order chi connectivity index (χ1) is 22.9. The number of benzodiazepines with no additional fused rings is 1. The van der Waals surface area contributed by atoms with Gasteiger partial charge in [0.1, 0.15) is 18.8 Å². The van der Waals surface area contributed by atoms with Crippen LogP contribution in [0.2, 0.25) is 0 Å². The van der Waals surface area contributed by atoms with Gasteiger partial charge in [0.05, 0.1) is 23.9 Å². The van der Waals surface area contributed by atoms with Crippen molar-refractivity contribution in [2.24, 2.45) is 15.8 Å². The smallest absolute Gasteiger partial charge is 0.409 e. The van der Waals surface area contributed by atoms with Crippen LogP contribution >= 0.6 is 0 Å². The molecule has 0 spiro atoms. The van der Waals surface area contributed by atoms with Crippen molar-refractivity contribution < 1.29 is 33.4 Å². The molecule has 2 atom stereocenters. The number of aliphatic imine (C=N–C) groups is 1. The number of alkyl carbamates (subject to hydrolysis) is 1. The topological polar surface area (TPSA) is 194 Å². The van der Waals surface area contributed by atoms with Crippen LogP contribution in [0.5, 0.6) is 0 Å². The summed E-state index contributed by atoms with van der Waals surface area (Å²) in [5.41, 5.74) is 9.01. The van der Waals surface area contributed by atoms with Crippen molar-refractivity contribution in [2.75, 3.05) is 11.4 Å². The molecular weight excluding hydrogens is 618 g/mol. The van der Waals surface area contributed by atoms with E-state index in [9.17, 15) is 24.0 Å². The normalized spacial score (nSPS) is 15.0. The number of hydrazone groups is 1. The Kier molecular flexibility index (Phi) is 11.6. The zero-order chi connectivity index (χ0) is 34.7. The van der Waals surface area contributed by atoms with Crippen LogP contribution < -0.4 is 26.7 Å². The number of hydrogen-bond acceptors (Lipinski definition) is 9. The van der Waals surface area contributed by atoms with Crippen molar-refractivity contribution in [1.29, 1.82) is 0 Å². The van der Waals surface area contributed by atoms with Crippen LogP contribution in [-0.2, 0) is 30.5 Å². The molecule has 3 aromatic carbocycles. The lowest BCUT2D eigenvalue weighted by atomic mass is 10.0. The van der Waals surface area contributed by atoms with E-state index in [4.69, 9.17) is 15.2 Å². The first kappa shape index (κ1) is 34.8. The summed E-state index contributed by atoms with van der Waals surface area (Å²) in [6, 6.07) is 23.0. The number of nitrogens with one attached hydrogen (secondary N) is 3. The Morgan fingerprint density at radius 3 is 2.29 bits per heavy atom. The molecule has 0 bridgehead atoms. The second-order valence-electron chi connectivity index (χ2n) is 11.6. The summed E-state index contributed by atoms with van der Waals surface area (Å²) < 4.78 is 10.7. The van der Waals surface area contributed by atoms with E-state index in [0.29, 0.717) is 22.5 Å². The fourth-order valence-electron chi connectivity index (χ4n) is 4.68. The maximum atomic E-state index is 14.1. The molecule has 4 rings (SSSR count). The summed E-state index contributed by atoms with van der Waals surface area (Å²) >= 11 is 0. The standard InChI is InChI=1S/C34H37N7O7/c1-34(2,3)48-28(43)18-24(19-36-40-32(35)45)37-27(42)20-41-26-17-11-10-16-25(26)29(23-14-8-5-9-15-23)38-30(31(41)44)39-33(46)47-21-22-12-6-4-7-13-22/h4-17,19,24,30H,18,20-21H2,1-3H3,(H,37,42)(H,39,46)(H3,35,40,45)/t24-,30?/m0/s1. The zero-order valence-electron chi connectivity index (χ0n) is 26.7. The number of anilines is 1. The summed E-state index contributed by atoms with van der Waals surface area (Å²) in [5, 5.41) is 8.86. The number of fused-ring (bicyclic) bond motifs is 1. The van der Waals surface area contributed by atoms with Gasteiger partial charge in [0, 0.05) is 17.3 Å². The molecule has 250 valence electrons. The number of primary amides is 1. The molecule has 5 amide bonds. The number of para-hydroxylation sites is 1. The Balaban J connectivity index is 1.62. The molecule has 14 nitrogen and oxygen atoms in total. The quantitative estimate of drug-likeness (QED) is 0.138. The monoisotopic (exact) mass is 655 g/mol. The highest BCUT2D eigenvalue weighted by atomic mass is 16.6. The molecule has 0 radical (unpaired) electrons. The van der Waals surface area contributed by atoms with Crippen LogP contribution in [-0.4, -0.2) is 66.2 Å². The van der Waals surface area contributed by atoms with Crippen LogP contribution in [0.4, 0.5) is 15.3 Å². The fraction of sp³-hybridized carbons (Fsp3) is 0.265. The van der Waals surface area contributed by atoms with Gasteiger partial charge >= 0.3 is 18.1 Å². The van der Waals surface area contributed by atoms with Gasteiger partial charge in [0.15, 0.2) is 0 Å². The minimum atomic E-state index is -1.47. The highest BCUT2D eigenvalue weighted by Gasteiger charge is 2.35. The van der Waals surface area contributed by atoms with E-state index < -0.39 is 54.3 Å². The SMILES string of the molecule is CC(C)(C)OC(=O)C[C@@H](C=NNC(N)=O)NC(=O)CN1C(=O)C(NC(=O)OCc2ccccc2)N=C(c2ccccc2)c2ccccc21. The molecule has 48 heavy (non-hydrogen) atoms. The maximum absolute atomic E-state index is 14.1. The van der Waals surface area contributed by atoms with Crippen molar-refractivity contribution in [1.82, 2.24) is 16.1 Å². The molecular formula is C34H37N7O7. The molecule has 1 aliphatic heterocycles. The van der Waals surface area contributed by atoms with Crippen molar-refractivity contribution in [3.8, 4) is 0 Å². The number of urea groups is 1. The Labute approximate surface area is 277 Å². The molecule has 1 unspecified atom stereocenters. The van der Waals surface area contributed by atoms with E-state index in [1.54, 1.807) is 69.3 Å². The lowest BCUT2D eigenvalue weighted by molar-refractivity contribution is -0.155. The van der Waals surface area contributed by atoms with E-state index >= 15 is 0 Å².